The maximum absolute atomic E-state index is 13.4. The van der Waals surface area contributed by atoms with Crippen LogP contribution in [-0.4, -0.2) is 13.6 Å². The lowest BCUT2D eigenvalue weighted by molar-refractivity contribution is 0.621. The standard InChI is InChI=1S/C11H11FN2/c1-14-7-3-6-9-4-2-5-10(8-13)11(9)12/h2-6,14H,7H2,1H3. The Kier molecular flexibility index (Phi) is 3.84. The first-order valence-electron chi connectivity index (χ1n) is 4.29. The van der Waals surface area contributed by atoms with E-state index in [0.717, 1.165) is 0 Å². The normalized spacial score (nSPS) is 10.4. The Morgan fingerprint density at radius 3 is 3.00 bits per heavy atom. The first-order chi connectivity index (χ1) is 6.79. The highest BCUT2D eigenvalue weighted by Gasteiger charge is 2.03. The van der Waals surface area contributed by atoms with E-state index in [4.69, 9.17) is 5.26 Å². The second kappa shape index (κ2) is 5.15. The van der Waals surface area contributed by atoms with E-state index in [1.807, 2.05) is 7.05 Å². The number of nitriles is 1. The molecule has 14 heavy (non-hydrogen) atoms. The lowest BCUT2D eigenvalue weighted by atomic mass is 10.1. The van der Waals surface area contributed by atoms with Gasteiger partial charge in [-0.15, -0.1) is 0 Å². The average molecular weight is 190 g/mol. The van der Waals surface area contributed by atoms with Crippen LogP contribution in [0.25, 0.3) is 6.08 Å². The third-order valence-corrected chi connectivity index (χ3v) is 1.77. The zero-order chi connectivity index (χ0) is 10.4. The summed E-state index contributed by atoms with van der Waals surface area (Å²) in [5, 5.41) is 11.5. The first kappa shape index (κ1) is 10.4. The molecular formula is C11H11FN2. The SMILES string of the molecule is CNCC=Cc1cccc(C#N)c1F. The molecule has 0 heterocycles. The van der Waals surface area contributed by atoms with Crippen LogP contribution in [0.15, 0.2) is 24.3 Å². The Bertz CT molecular complexity index is 377. The highest BCUT2D eigenvalue weighted by molar-refractivity contribution is 5.53. The molecule has 0 fully saturated rings. The van der Waals surface area contributed by atoms with Gasteiger partial charge in [0.25, 0.3) is 0 Å². The molecule has 1 aromatic rings. The van der Waals surface area contributed by atoms with E-state index in [0.29, 0.717) is 12.1 Å². The summed E-state index contributed by atoms with van der Waals surface area (Å²) in [7, 11) is 1.81. The molecule has 2 nitrogen and oxygen atoms in total. The van der Waals surface area contributed by atoms with Gasteiger partial charge in [0.2, 0.25) is 0 Å². The molecule has 3 heteroatoms. The van der Waals surface area contributed by atoms with Crippen LogP contribution < -0.4 is 5.32 Å². The van der Waals surface area contributed by atoms with Crippen molar-refractivity contribution in [1.82, 2.24) is 5.32 Å². The monoisotopic (exact) mass is 190 g/mol. The molecular weight excluding hydrogens is 179 g/mol. The number of likely N-dealkylation sites (N-methyl/N-ethyl adjacent to an activating group) is 1. The summed E-state index contributed by atoms with van der Waals surface area (Å²) >= 11 is 0. The van der Waals surface area contributed by atoms with Crippen molar-refractivity contribution in [3.63, 3.8) is 0 Å². The van der Waals surface area contributed by atoms with Crippen LogP contribution in [-0.2, 0) is 0 Å². The van der Waals surface area contributed by atoms with Gasteiger partial charge in [-0.1, -0.05) is 24.3 Å². The van der Waals surface area contributed by atoms with Gasteiger partial charge >= 0.3 is 0 Å². The quantitative estimate of drug-likeness (QED) is 0.790. The summed E-state index contributed by atoms with van der Waals surface area (Å²) in [6.07, 6.45) is 3.46. The smallest absolute Gasteiger partial charge is 0.148 e. The zero-order valence-electron chi connectivity index (χ0n) is 7.92. The second-order valence-electron chi connectivity index (χ2n) is 2.78. The van der Waals surface area contributed by atoms with E-state index in [1.165, 1.54) is 6.07 Å². The number of hydrogen-bond acceptors (Lipinski definition) is 2. The summed E-state index contributed by atoms with van der Waals surface area (Å²) in [5.41, 5.74) is 0.524. The van der Waals surface area contributed by atoms with Crippen LogP contribution in [0.1, 0.15) is 11.1 Å². The van der Waals surface area contributed by atoms with Gasteiger partial charge in [0.05, 0.1) is 5.56 Å². The fourth-order valence-corrected chi connectivity index (χ4v) is 1.07. The molecule has 0 aliphatic carbocycles. The molecule has 0 saturated heterocycles. The van der Waals surface area contributed by atoms with Crippen LogP contribution in [0.3, 0.4) is 0 Å². The van der Waals surface area contributed by atoms with Crippen molar-refractivity contribution in [2.75, 3.05) is 13.6 Å². The Labute approximate surface area is 82.7 Å². The predicted octanol–water partition coefficient (Wildman–Crippen LogP) is 1.93. The van der Waals surface area contributed by atoms with Crippen molar-refractivity contribution in [1.29, 1.82) is 5.26 Å². The van der Waals surface area contributed by atoms with Crippen molar-refractivity contribution in [2.24, 2.45) is 0 Å². The highest BCUT2D eigenvalue weighted by atomic mass is 19.1. The Morgan fingerprint density at radius 1 is 1.57 bits per heavy atom. The van der Waals surface area contributed by atoms with E-state index in [9.17, 15) is 4.39 Å². The van der Waals surface area contributed by atoms with Gasteiger partial charge in [0, 0.05) is 12.1 Å². The van der Waals surface area contributed by atoms with Crippen molar-refractivity contribution < 1.29 is 4.39 Å². The van der Waals surface area contributed by atoms with Crippen LogP contribution in [0.5, 0.6) is 0 Å². The zero-order valence-corrected chi connectivity index (χ0v) is 7.92. The number of halogens is 1. The Morgan fingerprint density at radius 2 is 2.36 bits per heavy atom. The molecule has 1 aromatic carbocycles. The number of nitrogens with zero attached hydrogens (tertiary/aromatic N) is 1. The summed E-state index contributed by atoms with van der Waals surface area (Å²) in [6, 6.07) is 6.57. The molecule has 0 radical (unpaired) electrons. The van der Waals surface area contributed by atoms with E-state index < -0.39 is 5.82 Å². The fourth-order valence-electron chi connectivity index (χ4n) is 1.07. The van der Waals surface area contributed by atoms with Crippen molar-refractivity contribution >= 4 is 6.08 Å². The van der Waals surface area contributed by atoms with Crippen LogP contribution in [0.4, 0.5) is 4.39 Å². The van der Waals surface area contributed by atoms with Crippen LogP contribution >= 0.6 is 0 Å². The molecule has 0 unspecified atom stereocenters. The number of nitrogens with one attached hydrogen (secondary N) is 1. The van der Waals surface area contributed by atoms with Crippen molar-refractivity contribution in [3.05, 3.63) is 41.2 Å². The van der Waals surface area contributed by atoms with Gasteiger partial charge in [-0.25, -0.2) is 4.39 Å². The number of rotatable bonds is 3. The molecule has 0 aromatic heterocycles. The molecule has 1 rings (SSSR count). The molecule has 0 aliphatic heterocycles. The number of hydrogen-bond donors (Lipinski definition) is 1. The van der Waals surface area contributed by atoms with E-state index in [-0.39, 0.29) is 5.56 Å². The molecule has 0 saturated carbocycles. The third-order valence-electron chi connectivity index (χ3n) is 1.77. The topological polar surface area (TPSA) is 35.8 Å². The highest BCUT2D eigenvalue weighted by Crippen LogP contribution is 2.13. The molecule has 1 N–H and O–H groups in total. The largest absolute Gasteiger partial charge is 0.316 e. The molecule has 0 amide bonds. The van der Waals surface area contributed by atoms with Crippen molar-refractivity contribution in [3.8, 4) is 6.07 Å². The molecule has 72 valence electrons. The lowest BCUT2D eigenvalue weighted by Crippen LogP contribution is -2.03. The third kappa shape index (κ3) is 2.41. The van der Waals surface area contributed by atoms with Crippen molar-refractivity contribution in [2.45, 2.75) is 0 Å². The van der Waals surface area contributed by atoms with Crippen LogP contribution in [0, 0.1) is 17.1 Å². The van der Waals surface area contributed by atoms with Gasteiger partial charge in [-0.2, -0.15) is 5.26 Å². The second-order valence-corrected chi connectivity index (χ2v) is 2.78. The van der Waals surface area contributed by atoms with E-state index in [1.54, 1.807) is 30.4 Å². The van der Waals surface area contributed by atoms with Gasteiger partial charge in [-0.3, -0.25) is 0 Å². The van der Waals surface area contributed by atoms with Crippen LogP contribution in [0.2, 0.25) is 0 Å². The summed E-state index contributed by atoms with van der Waals surface area (Å²) < 4.78 is 13.4. The molecule has 0 spiro atoms. The first-order valence-corrected chi connectivity index (χ1v) is 4.29. The maximum atomic E-state index is 13.4. The summed E-state index contributed by atoms with van der Waals surface area (Å²) in [4.78, 5) is 0. The number of benzene rings is 1. The van der Waals surface area contributed by atoms with Gasteiger partial charge in [0.15, 0.2) is 0 Å². The summed E-state index contributed by atoms with van der Waals surface area (Å²) in [5.74, 6) is -0.456. The average Bonchev–Trinajstić information content (AvgIpc) is 2.21. The van der Waals surface area contributed by atoms with Gasteiger partial charge in [0.1, 0.15) is 11.9 Å². The summed E-state index contributed by atoms with van der Waals surface area (Å²) in [6.45, 7) is 0.677. The maximum Gasteiger partial charge on any atom is 0.148 e. The van der Waals surface area contributed by atoms with Gasteiger partial charge in [-0.05, 0) is 13.1 Å². The minimum Gasteiger partial charge on any atom is -0.316 e. The lowest BCUT2D eigenvalue weighted by Gasteiger charge is -1.97. The minimum absolute atomic E-state index is 0.0802. The Hall–Kier alpha value is -1.66. The van der Waals surface area contributed by atoms with E-state index >= 15 is 0 Å². The predicted molar refractivity (Wildman–Crippen MR) is 54.1 cm³/mol. The molecule has 0 bridgehead atoms. The fraction of sp³-hybridized carbons (Fsp3) is 0.182. The molecule has 0 aliphatic rings. The Balaban J connectivity index is 2.94. The van der Waals surface area contributed by atoms with E-state index in [2.05, 4.69) is 5.32 Å². The molecule has 0 atom stereocenters. The van der Waals surface area contributed by atoms with Gasteiger partial charge < -0.3 is 5.32 Å². The minimum atomic E-state index is -0.456.